The summed E-state index contributed by atoms with van der Waals surface area (Å²) in [6.07, 6.45) is 0.192. The van der Waals surface area contributed by atoms with Gasteiger partial charge >= 0.3 is 0 Å². The van der Waals surface area contributed by atoms with E-state index in [-0.39, 0.29) is 24.0 Å². The zero-order chi connectivity index (χ0) is 16.5. The highest BCUT2D eigenvalue weighted by Gasteiger charge is 2.72. The SMILES string of the molecule is CN1C(=O)[C@@H](N2C(=O)c3ccccc3C2=O)CC[C@H]2C1C2(F)F. The second-order valence-electron chi connectivity index (χ2n) is 6.29. The van der Waals surface area contributed by atoms with Gasteiger partial charge in [-0.3, -0.25) is 19.3 Å². The lowest BCUT2D eigenvalue weighted by Crippen LogP contribution is -2.50. The van der Waals surface area contributed by atoms with Gasteiger partial charge < -0.3 is 4.90 Å². The smallest absolute Gasteiger partial charge is 0.273 e. The first-order valence-corrected chi connectivity index (χ1v) is 7.47. The highest BCUT2D eigenvalue weighted by molar-refractivity contribution is 6.22. The van der Waals surface area contributed by atoms with E-state index >= 15 is 0 Å². The second kappa shape index (κ2) is 4.37. The summed E-state index contributed by atoms with van der Waals surface area (Å²) in [4.78, 5) is 39.4. The van der Waals surface area contributed by atoms with Gasteiger partial charge in [0.1, 0.15) is 12.1 Å². The van der Waals surface area contributed by atoms with Crippen molar-refractivity contribution in [3.63, 3.8) is 0 Å². The van der Waals surface area contributed by atoms with E-state index in [0.717, 1.165) is 9.80 Å². The van der Waals surface area contributed by atoms with Crippen LogP contribution in [0.2, 0.25) is 0 Å². The van der Waals surface area contributed by atoms with Gasteiger partial charge in [-0.1, -0.05) is 12.1 Å². The first kappa shape index (κ1) is 14.3. The quantitative estimate of drug-likeness (QED) is 0.738. The standard InChI is InChI=1S/C16H14F2N2O3/c1-19-12-10(16(12,17)18)6-7-11(15(19)23)20-13(21)8-4-2-3-5-9(8)14(20)22/h2-5,10-12H,6-7H2,1H3/t10-,11-,12?/m0/s1. The normalized spacial score (nSPS) is 31.8. The minimum atomic E-state index is -2.86. The van der Waals surface area contributed by atoms with Crippen LogP contribution < -0.4 is 0 Å². The number of alkyl halides is 2. The molecule has 0 N–H and O–H groups in total. The summed E-state index contributed by atoms with van der Waals surface area (Å²) in [5.74, 6) is -5.39. The molecule has 0 spiro atoms. The summed E-state index contributed by atoms with van der Waals surface area (Å²) >= 11 is 0. The van der Waals surface area contributed by atoms with Crippen molar-refractivity contribution in [2.45, 2.75) is 30.8 Å². The fourth-order valence-corrected chi connectivity index (χ4v) is 3.81. The minimum Gasteiger partial charge on any atom is -0.334 e. The van der Waals surface area contributed by atoms with Crippen LogP contribution in [-0.2, 0) is 4.79 Å². The first-order chi connectivity index (χ1) is 10.9. The lowest BCUT2D eigenvalue weighted by molar-refractivity contribution is -0.136. The fraction of sp³-hybridized carbons (Fsp3) is 0.438. The van der Waals surface area contributed by atoms with Crippen LogP contribution in [0, 0.1) is 5.92 Å². The van der Waals surface area contributed by atoms with Crippen LogP contribution in [0.1, 0.15) is 33.6 Å². The van der Waals surface area contributed by atoms with Crippen LogP contribution in [-0.4, -0.2) is 52.6 Å². The number of rotatable bonds is 1. The number of fused-ring (bicyclic) bond motifs is 2. The number of carbonyl (C=O) groups is 3. The molecule has 2 fully saturated rings. The van der Waals surface area contributed by atoms with E-state index in [4.69, 9.17) is 0 Å². The summed E-state index contributed by atoms with van der Waals surface area (Å²) in [6, 6.07) is 4.23. The molecule has 0 aromatic heterocycles. The Hall–Kier alpha value is -2.31. The van der Waals surface area contributed by atoms with Crippen molar-refractivity contribution >= 4 is 17.7 Å². The van der Waals surface area contributed by atoms with Gasteiger partial charge in [-0.25, -0.2) is 8.78 Å². The molecule has 120 valence electrons. The van der Waals surface area contributed by atoms with E-state index in [2.05, 4.69) is 0 Å². The van der Waals surface area contributed by atoms with E-state index in [1.165, 1.54) is 19.2 Å². The Balaban J connectivity index is 1.66. The molecule has 0 bridgehead atoms. The maximum absolute atomic E-state index is 13.6. The average molecular weight is 320 g/mol. The predicted octanol–water partition coefficient (Wildman–Crippen LogP) is 1.54. The van der Waals surface area contributed by atoms with Gasteiger partial charge in [-0.2, -0.15) is 0 Å². The maximum atomic E-state index is 13.6. The van der Waals surface area contributed by atoms with E-state index in [1.807, 2.05) is 0 Å². The van der Waals surface area contributed by atoms with Gasteiger partial charge in [0.15, 0.2) is 0 Å². The molecule has 2 heterocycles. The number of nitrogens with zero attached hydrogens (tertiary/aromatic N) is 2. The number of imide groups is 1. The molecule has 3 amide bonds. The molecule has 3 atom stereocenters. The highest BCUT2D eigenvalue weighted by Crippen LogP contribution is 2.56. The van der Waals surface area contributed by atoms with Crippen molar-refractivity contribution in [2.75, 3.05) is 7.05 Å². The van der Waals surface area contributed by atoms with E-state index < -0.39 is 41.6 Å². The number of benzene rings is 1. The molecule has 1 saturated heterocycles. The lowest BCUT2D eigenvalue weighted by atomic mass is 10.1. The van der Waals surface area contributed by atoms with Crippen LogP contribution in [0.15, 0.2) is 24.3 Å². The Kier molecular flexibility index (Phi) is 2.71. The van der Waals surface area contributed by atoms with Gasteiger partial charge in [0, 0.05) is 7.05 Å². The third-order valence-electron chi connectivity index (χ3n) is 5.10. The van der Waals surface area contributed by atoms with Crippen LogP contribution in [0.25, 0.3) is 0 Å². The van der Waals surface area contributed by atoms with Crippen LogP contribution in [0.5, 0.6) is 0 Å². The van der Waals surface area contributed by atoms with Gasteiger partial charge in [0.2, 0.25) is 5.91 Å². The molecule has 1 unspecified atom stereocenters. The molecular formula is C16H14F2N2O3. The van der Waals surface area contributed by atoms with Crippen molar-refractivity contribution in [3.05, 3.63) is 35.4 Å². The van der Waals surface area contributed by atoms with Crippen LogP contribution in [0.4, 0.5) is 8.78 Å². The summed E-state index contributed by atoms with van der Waals surface area (Å²) in [7, 11) is 1.32. The molecule has 1 aromatic rings. The zero-order valence-electron chi connectivity index (χ0n) is 12.3. The van der Waals surface area contributed by atoms with Crippen molar-refractivity contribution in [1.29, 1.82) is 0 Å². The molecule has 3 aliphatic rings. The molecule has 1 aromatic carbocycles. The van der Waals surface area contributed by atoms with Crippen molar-refractivity contribution in [3.8, 4) is 0 Å². The zero-order valence-corrected chi connectivity index (χ0v) is 12.3. The highest BCUT2D eigenvalue weighted by atomic mass is 19.3. The molecule has 2 aliphatic heterocycles. The molecule has 1 aliphatic carbocycles. The third kappa shape index (κ3) is 1.73. The van der Waals surface area contributed by atoms with Crippen molar-refractivity contribution < 1.29 is 23.2 Å². The summed E-state index contributed by atoms with van der Waals surface area (Å²) in [6.45, 7) is 0. The van der Waals surface area contributed by atoms with Crippen LogP contribution in [0.3, 0.4) is 0 Å². The topological polar surface area (TPSA) is 57.7 Å². The molecule has 0 radical (unpaired) electrons. The summed E-state index contributed by atoms with van der Waals surface area (Å²) in [5, 5.41) is 0. The summed E-state index contributed by atoms with van der Waals surface area (Å²) < 4.78 is 27.3. The second-order valence-corrected chi connectivity index (χ2v) is 6.29. The predicted molar refractivity (Wildman–Crippen MR) is 75.0 cm³/mol. The van der Waals surface area contributed by atoms with Gasteiger partial charge in [0.25, 0.3) is 17.7 Å². The number of likely N-dealkylation sites (tertiary alicyclic amines) is 1. The fourth-order valence-electron chi connectivity index (χ4n) is 3.81. The van der Waals surface area contributed by atoms with E-state index in [9.17, 15) is 23.2 Å². The van der Waals surface area contributed by atoms with Gasteiger partial charge in [-0.15, -0.1) is 0 Å². The lowest BCUT2D eigenvalue weighted by Gasteiger charge is -2.28. The molecule has 7 heteroatoms. The summed E-state index contributed by atoms with van der Waals surface area (Å²) in [5.41, 5.74) is 0.514. The molecule has 1 saturated carbocycles. The van der Waals surface area contributed by atoms with Crippen LogP contribution >= 0.6 is 0 Å². The van der Waals surface area contributed by atoms with Crippen molar-refractivity contribution in [1.82, 2.24) is 9.80 Å². The van der Waals surface area contributed by atoms with Crippen molar-refractivity contribution in [2.24, 2.45) is 5.92 Å². The number of hydrogen-bond donors (Lipinski definition) is 0. The largest absolute Gasteiger partial charge is 0.334 e. The first-order valence-electron chi connectivity index (χ1n) is 7.47. The maximum Gasteiger partial charge on any atom is 0.273 e. The number of hydrogen-bond acceptors (Lipinski definition) is 3. The molecular weight excluding hydrogens is 306 g/mol. The number of carbonyl (C=O) groups excluding carboxylic acids is 3. The number of amides is 3. The monoisotopic (exact) mass is 320 g/mol. The number of likely N-dealkylation sites (N-methyl/N-ethyl adjacent to an activating group) is 1. The minimum absolute atomic E-state index is 0.0748. The Bertz CT molecular complexity index is 714. The van der Waals surface area contributed by atoms with Gasteiger partial charge in [-0.05, 0) is 25.0 Å². The van der Waals surface area contributed by atoms with E-state index in [1.54, 1.807) is 12.1 Å². The molecule has 5 nitrogen and oxygen atoms in total. The van der Waals surface area contributed by atoms with E-state index in [0.29, 0.717) is 0 Å². The Morgan fingerprint density at radius 1 is 1.04 bits per heavy atom. The Labute approximate surface area is 130 Å². The average Bonchev–Trinajstić information content (AvgIpc) is 3.03. The Morgan fingerprint density at radius 3 is 2.17 bits per heavy atom. The van der Waals surface area contributed by atoms with Gasteiger partial charge in [0.05, 0.1) is 17.0 Å². The Morgan fingerprint density at radius 2 is 1.61 bits per heavy atom. The molecule has 23 heavy (non-hydrogen) atoms. The third-order valence-corrected chi connectivity index (χ3v) is 5.10. The number of halogens is 2. The molecule has 4 rings (SSSR count).